The highest BCUT2D eigenvalue weighted by molar-refractivity contribution is 7.89. The fourth-order valence-corrected chi connectivity index (χ4v) is 4.57. The summed E-state index contributed by atoms with van der Waals surface area (Å²) in [6, 6.07) is 3.06. The second kappa shape index (κ2) is 6.20. The largest absolute Gasteiger partial charge is 0.244 e. The molecule has 1 fully saturated rings. The van der Waals surface area contributed by atoms with Gasteiger partial charge in [0.2, 0.25) is 10.0 Å². The maximum Gasteiger partial charge on any atom is 0.243 e. The van der Waals surface area contributed by atoms with Crippen molar-refractivity contribution in [2.45, 2.75) is 50.0 Å². The minimum Gasteiger partial charge on any atom is -0.244 e. The number of sulfonamides is 1. The van der Waals surface area contributed by atoms with Crippen LogP contribution in [-0.4, -0.2) is 30.3 Å². The van der Waals surface area contributed by atoms with Crippen LogP contribution >= 0.6 is 11.6 Å². The smallest absolute Gasteiger partial charge is 0.243 e. The van der Waals surface area contributed by atoms with Gasteiger partial charge in [-0.05, 0) is 31.4 Å². The molecular weight excluding hydrogens is 284 g/mol. The Morgan fingerprint density at radius 1 is 1.47 bits per heavy atom. The van der Waals surface area contributed by atoms with E-state index in [4.69, 9.17) is 11.6 Å². The molecule has 0 aromatic carbocycles. The van der Waals surface area contributed by atoms with Crippen molar-refractivity contribution >= 4 is 21.6 Å². The first-order valence-electron chi connectivity index (χ1n) is 6.69. The van der Waals surface area contributed by atoms with E-state index in [2.05, 4.69) is 11.9 Å². The maximum absolute atomic E-state index is 12.7. The van der Waals surface area contributed by atoms with Gasteiger partial charge in [-0.2, -0.15) is 4.31 Å². The van der Waals surface area contributed by atoms with E-state index in [1.165, 1.54) is 18.3 Å². The Bertz CT molecular complexity index is 531. The van der Waals surface area contributed by atoms with Crippen molar-refractivity contribution in [1.29, 1.82) is 0 Å². The van der Waals surface area contributed by atoms with E-state index in [-0.39, 0.29) is 16.1 Å². The fraction of sp³-hybridized carbons (Fsp3) is 0.615. The average molecular weight is 303 g/mol. The summed E-state index contributed by atoms with van der Waals surface area (Å²) >= 11 is 5.79. The molecule has 1 aromatic heterocycles. The van der Waals surface area contributed by atoms with E-state index >= 15 is 0 Å². The number of aromatic nitrogens is 1. The van der Waals surface area contributed by atoms with E-state index in [0.29, 0.717) is 6.54 Å². The highest BCUT2D eigenvalue weighted by atomic mass is 35.5. The average Bonchev–Trinajstić information content (AvgIpc) is 2.39. The molecule has 1 aliphatic heterocycles. The van der Waals surface area contributed by atoms with Crippen LogP contribution in [0.3, 0.4) is 0 Å². The number of pyridine rings is 1. The number of hydrogen-bond acceptors (Lipinski definition) is 3. The summed E-state index contributed by atoms with van der Waals surface area (Å²) in [5.74, 6) is 0. The van der Waals surface area contributed by atoms with E-state index < -0.39 is 10.0 Å². The Morgan fingerprint density at radius 2 is 2.26 bits per heavy atom. The lowest BCUT2D eigenvalue weighted by molar-refractivity contribution is 0.239. The van der Waals surface area contributed by atoms with Crippen molar-refractivity contribution in [3.05, 3.63) is 23.5 Å². The third-order valence-corrected chi connectivity index (χ3v) is 5.65. The highest BCUT2D eigenvalue weighted by Crippen LogP contribution is 2.28. The molecule has 0 aliphatic carbocycles. The number of nitrogens with zero attached hydrogens (tertiary/aromatic N) is 2. The summed E-state index contributed by atoms with van der Waals surface area (Å²) in [5.41, 5.74) is 0. The molecule has 1 aliphatic rings. The molecule has 0 spiro atoms. The number of hydrogen-bond donors (Lipinski definition) is 0. The van der Waals surface area contributed by atoms with Gasteiger partial charge in [0, 0.05) is 18.8 Å². The van der Waals surface area contributed by atoms with Crippen molar-refractivity contribution in [1.82, 2.24) is 9.29 Å². The normalized spacial score (nSPS) is 21.5. The summed E-state index contributed by atoms with van der Waals surface area (Å²) < 4.78 is 27.0. The molecule has 0 bridgehead atoms. The minimum absolute atomic E-state index is 0.121. The standard InChI is InChI=1S/C13H19ClN2O2S/c1-2-5-11-6-3-4-9-16(11)19(17,18)12-7-8-15-13(14)10-12/h7-8,10-11H,2-6,9H2,1H3. The SMILES string of the molecule is CCCC1CCCCN1S(=O)(=O)c1ccnc(Cl)c1. The van der Waals surface area contributed by atoms with Crippen LogP contribution in [0.15, 0.2) is 23.2 Å². The number of halogens is 1. The zero-order valence-electron chi connectivity index (χ0n) is 11.0. The van der Waals surface area contributed by atoms with Crippen LogP contribution in [0.2, 0.25) is 5.15 Å². The molecule has 1 atom stereocenters. The quantitative estimate of drug-likeness (QED) is 0.803. The molecule has 1 saturated heterocycles. The van der Waals surface area contributed by atoms with Crippen molar-refractivity contribution in [2.24, 2.45) is 0 Å². The first-order valence-corrected chi connectivity index (χ1v) is 8.51. The van der Waals surface area contributed by atoms with Crippen LogP contribution in [-0.2, 0) is 10.0 Å². The lowest BCUT2D eigenvalue weighted by Crippen LogP contribution is -2.43. The zero-order chi connectivity index (χ0) is 13.9. The van der Waals surface area contributed by atoms with E-state index in [0.717, 1.165) is 32.1 Å². The summed E-state index contributed by atoms with van der Waals surface area (Å²) in [6.45, 7) is 2.69. The van der Waals surface area contributed by atoms with Gasteiger partial charge in [-0.3, -0.25) is 0 Å². The molecule has 0 N–H and O–H groups in total. The Morgan fingerprint density at radius 3 is 2.95 bits per heavy atom. The molecule has 1 unspecified atom stereocenters. The second-order valence-electron chi connectivity index (χ2n) is 4.87. The fourth-order valence-electron chi connectivity index (χ4n) is 2.59. The van der Waals surface area contributed by atoms with Crippen LogP contribution in [0.4, 0.5) is 0 Å². The highest BCUT2D eigenvalue weighted by Gasteiger charge is 2.32. The van der Waals surface area contributed by atoms with Gasteiger partial charge in [0.25, 0.3) is 0 Å². The van der Waals surface area contributed by atoms with E-state index in [1.807, 2.05) is 0 Å². The van der Waals surface area contributed by atoms with E-state index in [1.54, 1.807) is 4.31 Å². The van der Waals surface area contributed by atoms with E-state index in [9.17, 15) is 8.42 Å². The first-order chi connectivity index (χ1) is 9.05. The summed E-state index contributed by atoms with van der Waals surface area (Å²) in [6.07, 6.45) is 6.33. The maximum atomic E-state index is 12.7. The molecule has 2 rings (SSSR count). The number of rotatable bonds is 4. The van der Waals surface area contributed by atoms with Crippen molar-refractivity contribution < 1.29 is 8.42 Å². The Kier molecular flexibility index (Phi) is 4.81. The van der Waals surface area contributed by atoms with Crippen LogP contribution in [0.5, 0.6) is 0 Å². The molecule has 4 nitrogen and oxygen atoms in total. The molecule has 106 valence electrons. The van der Waals surface area contributed by atoms with Crippen LogP contribution in [0, 0.1) is 0 Å². The van der Waals surface area contributed by atoms with Gasteiger partial charge in [0.15, 0.2) is 0 Å². The van der Waals surface area contributed by atoms with Gasteiger partial charge in [-0.25, -0.2) is 13.4 Å². The minimum atomic E-state index is -3.45. The molecule has 19 heavy (non-hydrogen) atoms. The van der Waals surface area contributed by atoms with Gasteiger partial charge in [0.05, 0.1) is 4.90 Å². The molecule has 2 heterocycles. The first kappa shape index (κ1) is 14.8. The third kappa shape index (κ3) is 3.27. The van der Waals surface area contributed by atoms with Gasteiger partial charge >= 0.3 is 0 Å². The summed E-state index contributed by atoms with van der Waals surface area (Å²) in [7, 11) is -3.45. The summed E-state index contributed by atoms with van der Waals surface area (Å²) in [5, 5.41) is 0.213. The molecular formula is C13H19ClN2O2S. The predicted octanol–water partition coefficient (Wildman–Crippen LogP) is 3.08. The van der Waals surface area contributed by atoms with Gasteiger partial charge in [0.1, 0.15) is 5.15 Å². The van der Waals surface area contributed by atoms with Crippen LogP contribution in [0.1, 0.15) is 39.0 Å². The molecule has 0 amide bonds. The Labute approximate surface area is 119 Å². The molecule has 0 saturated carbocycles. The third-order valence-electron chi connectivity index (χ3n) is 3.50. The Balaban J connectivity index is 2.31. The monoisotopic (exact) mass is 302 g/mol. The van der Waals surface area contributed by atoms with Gasteiger partial charge in [-0.15, -0.1) is 0 Å². The van der Waals surface area contributed by atoms with Crippen molar-refractivity contribution in [2.75, 3.05) is 6.54 Å². The topological polar surface area (TPSA) is 50.3 Å². The van der Waals surface area contributed by atoms with Gasteiger partial charge in [-0.1, -0.05) is 31.4 Å². The van der Waals surface area contributed by atoms with Crippen LogP contribution in [0.25, 0.3) is 0 Å². The predicted molar refractivity (Wildman–Crippen MR) is 75.7 cm³/mol. The van der Waals surface area contributed by atoms with Crippen LogP contribution < -0.4 is 0 Å². The lowest BCUT2D eigenvalue weighted by Gasteiger charge is -2.34. The Hall–Kier alpha value is -0.650. The second-order valence-corrected chi connectivity index (χ2v) is 7.15. The number of piperidine rings is 1. The van der Waals surface area contributed by atoms with Crippen molar-refractivity contribution in [3.8, 4) is 0 Å². The lowest BCUT2D eigenvalue weighted by atomic mass is 10.0. The van der Waals surface area contributed by atoms with Crippen molar-refractivity contribution in [3.63, 3.8) is 0 Å². The molecule has 0 radical (unpaired) electrons. The summed E-state index contributed by atoms with van der Waals surface area (Å²) in [4.78, 5) is 4.08. The molecule has 1 aromatic rings. The zero-order valence-corrected chi connectivity index (χ0v) is 12.6. The van der Waals surface area contributed by atoms with Gasteiger partial charge < -0.3 is 0 Å². The molecule has 6 heteroatoms.